The number of amides is 3. The van der Waals surface area contributed by atoms with Crippen molar-refractivity contribution in [2.45, 2.75) is 23.4 Å². The van der Waals surface area contributed by atoms with Gasteiger partial charge in [-0.05, 0) is 59.3 Å². The number of hydrogen-bond donors (Lipinski definition) is 0. The Morgan fingerprint density at radius 3 is 2.34 bits per heavy atom. The normalized spacial score (nSPS) is 14.3. The highest BCUT2D eigenvalue weighted by Crippen LogP contribution is 2.37. The number of pyridine rings is 1. The molecule has 32 heavy (non-hydrogen) atoms. The predicted molar refractivity (Wildman–Crippen MR) is 115 cm³/mol. The van der Waals surface area contributed by atoms with Crippen molar-refractivity contribution < 1.29 is 22.8 Å². The van der Waals surface area contributed by atoms with Gasteiger partial charge in [0.2, 0.25) is 0 Å². The summed E-state index contributed by atoms with van der Waals surface area (Å²) in [5.74, 6) is -0.426. The van der Waals surface area contributed by atoms with Crippen molar-refractivity contribution in [3.63, 3.8) is 0 Å². The van der Waals surface area contributed by atoms with Crippen LogP contribution in [0.5, 0.6) is 0 Å². The van der Waals surface area contributed by atoms with E-state index in [2.05, 4.69) is 4.98 Å². The first-order valence-electron chi connectivity index (χ1n) is 9.74. The Morgan fingerprint density at radius 2 is 1.66 bits per heavy atom. The zero-order chi connectivity index (χ0) is 22.7. The molecule has 1 aliphatic rings. The molecule has 0 bridgehead atoms. The van der Waals surface area contributed by atoms with E-state index in [1.54, 1.807) is 12.3 Å². The molecule has 0 aliphatic carbocycles. The molecule has 2 aromatic carbocycles. The van der Waals surface area contributed by atoms with Crippen LogP contribution in [0.4, 0.5) is 23.7 Å². The number of thioether (sulfide) groups is 1. The van der Waals surface area contributed by atoms with Gasteiger partial charge >= 0.3 is 11.5 Å². The quantitative estimate of drug-likeness (QED) is 0.375. The summed E-state index contributed by atoms with van der Waals surface area (Å²) < 4.78 is 37.5. The third kappa shape index (κ3) is 5.28. The van der Waals surface area contributed by atoms with Crippen LogP contribution in [0.25, 0.3) is 0 Å². The van der Waals surface area contributed by atoms with Gasteiger partial charge in [0.1, 0.15) is 6.54 Å². The second-order valence-electron chi connectivity index (χ2n) is 7.23. The molecule has 4 rings (SSSR count). The fraction of sp³-hybridized carbons (Fsp3) is 0.174. The molecule has 164 valence electrons. The first-order chi connectivity index (χ1) is 15.3. The van der Waals surface area contributed by atoms with E-state index >= 15 is 0 Å². The lowest BCUT2D eigenvalue weighted by atomic mass is 10.1. The van der Waals surface area contributed by atoms with Crippen molar-refractivity contribution in [2.75, 3.05) is 11.4 Å². The van der Waals surface area contributed by atoms with E-state index in [4.69, 9.17) is 0 Å². The Bertz CT molecular complexity index is 1120. The molecule has 1 fully saturated rings. The van der Waals surface area contributed by atoms with Crippen LogP contribution in [0.3, 0.4) is 0 Å². The number of anilines is 1. The van der Waals surface area contributed by atoms with Crippen LogP contribution in [0.15, 0.2) is 77.8 Å². The molecule has 3 aromatic rings. The first-order valence-corrected chi connectivity index (χ1v) is 10.6. The molecule has 3 amide bonds. The highest BCUT2D eigenvalue weighted by molar-refractivity contribution is 8.00. The van der Waals surface area contributed by atoms with Crippen molar-refractivity contribution in [1.29, 1.82) is 0 Å². The van der Waals surface area contributed by atoms with E-state index in [0.29, 0.717) is 6.42 Å². The van der Waals surface area contributed by atoms with Gasteiger partial charge in [-0.1, -0.05) is 30.3 Å². The molecule has 9 heteroatoms. The largest absolute Gasteiger partial charge is 0.446 e. The van der Waals surface area contributed by atoms with Crippen LogP contribution in [0.2, 0.25) is 0 Å². The van der Waals surface area contributed by atoms with E-state index in [9.17, 15) is 22.8 Å². The minimum Gasteiger partial charge on any atom is -0.310 e. The summed E-state index contributed by atoms with van der Waals surface area (Å²) >= 11 is -0.247. The zero-order valence-electron chi connectivity index (χ0n) is 16.7. The third-order valence-electron chi connectivity index (χ3n) is 4.85. The van der Waals surface area contributed by atoms with Gasteiger partial charge in [0.05, 0.1) is 5.69 Å². The van der Waals surface area contributed by atoms with E-state index in [0.717, 1.165) is 21.7 Å². The molecular weight excluding hydrogens is 439 g/mol. The summed E-state index contributed by atoms with van der Waals surface area (Å²) in [6.07, 6.45) is 2.32. The lowest BCUT2D eigenvalue weighted by Crippen LogP contribution is -2.32. The maximum atomic E-state index is 12.8. The highest BCUT2D eigenvalue weighted by atomic mass is 32.2. The van der Waals surface area contributed by atoms with E-state index in [-0.39, 0.29) is 35.4 Å². The number of halogens is 3. The third-order valence-corrected chi connectivity index (χ3v) is 5.59. The fourth-order valence-electron chi connectivity index (χ4n) is 3.47. The van der Waals surface area contributed by atoms with E-state index in [1.807, 2.05) is 36.4 Å². The Morgan fingerprint density at radius 1 is 0.938 bits per heavy atom. The predicted octanol–water partition coefficient (Wildman–Crippen LogP) is 5.25. The SMILES string of the molecule is O=C1CN(Cc2ccnc(Cc3ccccc3)c2)C(=O)N1c1ccc(SC(F)(F)F)cc1. The number of alkyl halides is 3. The van der Waals surface area contributed by atoms with Crippen LogP contribution in [-0.2, 0) is 17.8 Å². The van der Waals surface area contributed by atoms with Gasteiger partial charge in [-0.3, -0.25) is 9.78 Å². The number of carbonyl (C=O) groups is 2. The Kier molecular flexibility index (Phi) is 6.18. The lowest BCUT2D eigenvalue weighted by Gasteiger charge is -2.18. The molecule has 0 atom stereocenters. The van der Waals surface area contributed by atoms with Gasteiger partial charge in [0.15, 0.2) is 0 Å². The van der Waals surface area contributed by atoms with Gasteiger partial charge < -0.3 is 4.90 Å². The maximum absolute atomic E-state index is 12.8. The van der Waals surface area contributed by atoms with Crippen LogP contribution in [0, 0.1) is 0 Å². The number of benzene rings is 2. The molecule has 1 aromatic heterocycles. The molecule has 0 spiro atoms. The summed E-state index contributed by atoms with van der Waals surface area (Å²) in [6, 6.07) is 18.2. The number of aromatic nitrogens is 1. The molecule has 0 N–H and O–H groups in total. The molecular formula is C23H18F3N3O2S. The Balaban J connectivity index is 1.45. The average molecular weight is 457 g/mol. The van der Waals surface area contributed by atoms with Crippen molar-refractivity contribution in [1.82, 2.24) is 9.88 Å². The molecule has 5 nitrogen and oxygen atoms in total. The Labute approximate surface area is 186 Å². The number of hydrogen-bond acceptors (Lipinski definition) is 4. The van der Waals surface area contributed by atoms with Crippen LogP contribution >= 0.6 is 11.8 Å². The monoisotopic (exact) mass is 457 g/mol. The number of rotatable bonds is 6. The zero-order valence-corrected chi connectivity index (χ0v) is 17.6. The molecule has 0 unspecified atom stereocenters. The average Bonchev–Trinajstić information content (AvgIpc) is 3.01. The second kappa shape index (κ2) is 9.04. The van der Waals surface area contributed by atoms with Crippen LogP contribution in [0.1, 0.15) is 16.8 Å². The standard InChI is InChI=1S/C23H18F3N3O2S/c24-23(25,26)32-20-8-6-19(7-9-20)29-21(30)15-28(22(29)31)14-17-10-11-27-18(13-17)12-16-4-2-1-3-5-16/h1-11,13H,12,14-15H2. The van der Waals surface area contributed by atoms with Crippen molar-refractivity contribution in [3.05, 3.63) is 89.7 Å². The van der Waals surface area contributed by atoms with Crippen LogP contribution < -0.4 is 4.90 Å². The molecule has 0 radical (unpaired) electrons. The van der Waals surface area contributed by atoms with Gasteiger partial charge in [-0.2, -0.15) is 13.2 Å². The maximum Gasteiger partial charge on any atom is 0.446 e. The number of imide groups is 1. The van der Waals surface area contributed by atoms with Crippen molar-refractivity contribution >= 4 is 29.4 Å². The number of nitrogens with zero attached hydrogens (tertiary/aromatic N) is 3. The minimum atomic E-state index is -4.40. The van der Waals surface area contributed by atoms with Crippen LogP contribution in [-0.4, -0.2) is 33.9 Å². The van der Waals surface area contributed by atoms with Gasteiger partial charge in [0.25, 0.3) is 5.91 Å². The number of carbonyl (C=O) groups excluding carboxylic acids is 2. The molecule has 1 saturated heterocycles. The summed E-state index contributed by atoms with van der Waals surface area (Å²) in [6.45, 7) is 0.127. The molecule has 2 heterocycles. The van der Waals surface area contributed by atoms with Gasteiger partial charge in [0, 0.05) is 29.8 Å². The second-order valence-corrected chi connectivity index (χ2v) is 8.37. The van der Waals surface area contributed by atoms with Crippen molar-refractivity contribution in [3.8, 4) is 0 Å². The number of urea groups is 1. The van der Waals surface area contributed by atoms with Crippen molar-refractivity contribution in [2.24, 2.45) is 0 Å². The lowest BCUT2D eigenvalue weighted by molar-refractivity contribution is -0.116. The minimum absolute atomic E-state index is 0.0140. The molecule has 0 saturated carbocycles. The summed E-state index contributed by atoms with van der Waals surface area (Å²) in [5, 5.41) is 0. The van der Waals surface area contributed by atoms with Gasteiger partial charge in [-0.25, -0.2) is 9.69 Å². The molecule has 1 aliphatic heterocycles. The summed E-state index contributed by atoms with van der Waals surface area (Å²) in [4.78, 5) is 32.1. The summed E-state index contributed by atoms with van der Waals surface area (Å²) in [5.41, 5.74) is -1.36. The van der Waals surface area contributed by atoms with Gasteiger partial charge in [-0.15, -0.1) is 0 Å². The summed E-state index contributed by atoms with van der Waals surface area (Å²) in [7, 11) is 0. The van der Waals surface area contributed by atoms with E-state index in [1.165, 1.54) is 29.2 Å². The first kappa shape index (κ1) is 21.9. The Hall–Kier alpha value is -3.33. The van der Waals surface area contributed by atoms with E-state index < -0.39 is 17.4 Å². The fourth-order valence-corrected chi connectivity index (χ4v) is 4.01. The highest BCUT2D eigenvalue weighted by Gasteiger charge is 2.37. The smallest absolute Gasteiger partial charge is 0.310 e. The topological polar surface area (TPSA) is 53.5 Å².